The molecule has 1 unspecified atom stereocenters. The van der Waals surface area contributed by atoms with Crippen LogP contribution in [0.2, 0.25) is 0 Å². The van der Waals surface area contributed by atoms with Crippen molar-refractivity contribution in [3.05, 3.63) is 29.8 Å². The number of piperidine rings is 1. The van der Waals surface area contributed by atoms with Gasteiger partial charge < -0.3 is 16.0 Å². The molecule has 1 saturated heterocycles. The third-order valence-corrected chi connectivity index (χ3v) is 3.61. The molecule has 2 rings (SSSR count). The Balaban J connectivity index is 1.72. The molecule has 1 aromatic rings. The first kappa shape index (κ1) is 15.5. The summed E-state index contributed by atoms with van der Waals surface area (Å²) in [5.41, 5.74) is 1.93. The lowest BCUT2D eigenvalue weighted by Crippen LogP contribution is -2.47. The summed E-state index contributed by atoms with van der Waals surface area (Å²) in [4.78, 5) is 22.9. The van der Waals surface area contributed by atoms with Crippen LogP contribution in [0.1, 0.15) is 31.7 Å². The van der Waals surface area contributed by atoms with Crippen molar-refractivity contribution in [2.24, 2.45) is 0 Å². The zero-order valence-corrected chi connectivity index (χ0v) is 12.4. The zero-order chi connectivity index (χ0) is 15.1. The van der Waals surface area contributed by atoms with Gasteiger partial charge in [0.15, 0.2) is 0 Å². The van der Waals surface area contributed by atoms with Crippen LogP contribution in [0, 0.1) is 0 Å². The van der Waals surface area contributed by atoms with Crippen LogP contribution in [0.15, 0.2) is 24.3 Å². The normalized spacial score (nSPS) is 18.0. The van der Waals surface area contributed by atoms with Crippen LogP contribution in [0.4, 0.5) is 5.69 Å². The molecule has 21 heavy (non-hydrogen) atoms. The van der Waals surface area contributed by atoms with Gasteiger partial charge in [0, 0.05) is 19.2 Å². The Bertz CT molecular complexity index is 479. The quantitative estimate of drug-likeness (QED) is 0.768. The molecule has 1 aliphatic heterocycles. The minimum atomic E-state index is -0.0741. The first-order valence-corrected chi connectivity index (χ1v) is 7.53. The second-order valence-corrected chi connectivity index (χ2v) is 5.42. The van der Waals surface area contributed by atoms with Gasteiger partial charge in [0.1, 0.15) is 0 Å². The highest BCUT2D eigenvalue weighted by atomic mass is 16.2. The smallest absolute Gasteiger partial charge is 0.237 e. The number of carbonyl (C=O) groups is 2. The van der Waals surface area contributed by atoms with E-state index in [1.807, 2.05) is 24.3 Å². The van der Waals surface area contributed by atoms with E-state index in [2.05, 4.69) is 16.0 Å². The van der Waals surface area contributed by atoms with Gasteiger partial charge in [0.2, 0.25) is 11.8 Å². The Kier molecular flexibility index (Phi) is 5.75. The fraction of sp³-hybridized carbons (Fsp3) is 0.500. The molecule has 0 spiro atoms. The average Bonchev–Trinajstić information content (AvgIpc) is 2.49. The molecule has 2 amide bonds. The largest absolute Gasteiger partial charge is 0.354 e. The summed E-state index contributed by atoms with van der Waals surface area (Å²) >= 11 is 0. The second kappa shape index (κ2) is 7.78. The summed E-state index contributed by atoms with van der Waals surface area (Å²) in [5.74, 6) is 0.0274. The third-order valence-electron chi connectivity index (χ3n) is 3.61. The number of rotatable bonds is 5. The molecule has 0 aliphatic carbocycles. The number of anilines is 1. The molecule has 3 N–H and O–H groups in total. The van der Waals surface area contributed by atoms with E-state index in [0.717, 1.165) is 43.5 Å². The fourth-order valence-corrected chi connectivity index (χ4v) is 2.49. The number of carbonyl (C=O) groups excluding carboxylic acids is 2. The third kappa shape index (κ3) is 5.19. The number of benzene rings is 1. The van der Waals surface area contributed by atoms with Crippen molar-refractivity contribution in [1.82, 2.24) is 10.6 Å². The van der Waals surface area contributed by atoms with Crippen molar-refractivity contribution < 1.29 is 9.59 Å². The van der Waals surface area contributed by atoms with E-state index < -0.39 is 0 Å². The van der Waals surface area contributed by atoms with Gasteiger partial charge in [-0.15, -0.1) is 0 Å². The van der Waals surface area contributed by atoms with Crippen molar-refractivity contribution in [3.8, 4) is 0 Å². The van der Waals surface area contributed by atoms with Crippen molar-refractivity contribution in [2.75, 3.05) is 18.4 Å². The van der Waals surface area contributed by atoms with Gasteiger partial charge in [-0.2, -0.15) is 0 Å². The van der Waals surface area contributed by atoms with E-state index in [4.69, 9.17) is 0 Å². The van der Waals surface area contributed by atoms with Crippen LogP contribution in [0.3, 0.4) is 0 Å². The monoisotopic (exact) mass is 289 g/mol. The summed E-state index contributed by atoms with van der Waals surface area (Å²) in [6, 6.07) is 7.66. The maximum absolute atomic E-state index is 11.9. The summed E-state index contributed by atoms with van der Waals surface area (Å²) in [7, 11) is 0. The summed E-state index contributed by atoms with van der Waals surface area (Å²) < 4.78 is 0. The van der Waals surface area contributed by atoms with Crippen molar-refractivity contribution >= 4 is 17.5 Å². The predicted octanol–water partition coefficient (Wildman–Crippen LogP) is 1.45. The van der Waals surface area contributed by atoms with Gasteiger partial charge in [-0.1, -0.05) is 18.6 Å². The van der Waals surface area contributed by atoms with Gasteiger partial charge in [0.25, 0.3) is 0 Å². The van der Waals surface area contributed by atoms with Gasteiger partial charge in [-0.25, -0.2) is 0 Å². The molecule has 0 aromatic heterocycles. The van der Waals surface area contributed by atoms with Crippen LogP contribution in [0.5, 0.6) is 0 Å². The first-order chi connectivity index (χ1) is 10.1. The van der Waals surface area contributed by atoms with Crippen LogP contribution in [-0.2, 0) is 16.0 Å². The first-order valence-electron chi connectivity index (χ1n) is 7.53. The SMILES string of the molecule is CC(=O)Nc1ccc(CCNC(=O)C2CCCCN2)cc1. The number of nitrogens with one attached hydrogen (secondary N) is 3. The van der Waals surface area contributed by atoms with Gasteiger partial charge in [-0.3, -0.25) is 9.59 Å². The van der Waals surface area contributed by atoms with Crippen molar-refractivity contribution in [1.29, 1.82) is 0 Å². The van der Waals surface area contributed by atoms with Crippen LogP contribution in [-0.4, -0.2) is 30.9 Å². The van der Waals surface area contributed by atoms with E-state index in [1.165, 1.54) is 6.92 Å². The minimum absolute atomic E-state index is 0.0270. The van der Waals surface area contributed by atoms with Crippen molar-refractivity contribution in [3.63, 3.8) is 0 Å². The molecular weight excluding hydrogens is 266 g/mol. The average molecular weight is 289 g/mol. The molecule has 1 atom stereocenters. The number of hydrogen-bond donors (Lipinski definition) is 3. The molecule has 1 aromatic carbocycles. The Morgan fingerprint density at radius 2 is 2.00 bits per heavy atom. The minimum Gasteiger partial charge on any atom is -0.354 e. The number of amides is 2. The lowest BCUT2D eigenvalue weighted by Gasteiger charge is -2.22. The van der Waals surface area contributed by atoms with Crippen molar-refractivity contribution in [2.45, 2.75) is 38.6 Å². The van der Waals surface area contributed by atoms with Gasteiger partial charge in [0.05, 0.1) is 6.04 Å². The topological polar surface area (TPSA) is 70.2 Å². The van der Waals surface area contributed by atoms with Crippen LogP contribution < -0.4 is 16.0 Å². The fourth-order valence-electron chi connectivity index (χ4n) is 2.49. The van der Waals surface area contributed by atoms with Crippen LogP contribution >= 0.6 is 0 Å². The molecule has 0 bridgehead atoms. The summed E-state index contributed by atoms with van der Waals surface area (Å²) in [6.45, 7) is 3.06. The lowest BCUT2D eigenvalue weighted by molar-refractivity contribution is -0.123. The maximum Gasteiger partial charge on any atom is 0.237 e. The Hall–Kier alpha value is -1.88. The highest BCUT2D eigenvalue weighted by molar-refractivity contribution is 5.88. The van der Waals surface area contributed by atoms with E-state index in [0.29, 0.717) is 6.54 Å². The lowest BCUT2D eigenvalue weighted by atomic mass is 10.0. The molecule has 1 aliphatic rings. The van der Waals surface area contributed by atoms with Gasteiger partial charge >= 0.3 is 0 Å². The highest BCUT2D eigenvalue weighted by Crippen LogP contribution is 2.10. The Morgan fingerprint density at radius 3 is 2.62 bits per heavy atom. The van der Waals surface area contributed by atoms with E-state index in [9.17, 15) is 9.59 Å². The summed E-state index contributed by atoms with van der Waals surface area (Å²) in [6.07, 6.45) is 4.00. The molecule has 5 nitrogen and oxygen atoms in total. The predicted molar refractivity (Wildman–Crippen MR) is 83.1 cm³/mol. The Morgan fingerprint density at radius 1 is 1.24 bits per heavy atom. The van der Waals surface area contributed by atoms with E-state index >= 15 is 0 Å². The second-order valence-electron chi connectivity index (χ2n) is 5.42. The van der Waals surface area contributed by atoms with Gasteiger partial charge in [-0.05, 0) is 43.5 Å². The van der Waals surface area contributed by atoms with E-state index in [1.54, 1.807) is 0 Å². The van der Waals surface area contributed by atoms with E-state index in [-0.39, 0.29) is 17.9 Å². The number of hydrogen-bond acceptors (Lipinski definition) is 3. The summed E-state index contributed by atoms with van der Waals surface area (Å²) in [5, 5.41) is 8.95. The zero-order valence-electron chi connectivity index (χ0n) is 12.4. The molecule has 0 saturated carbocycles. The highest BCUT2D eigenvalue weighted by Gasteiger charge is 2.19. The van der Waals surface area contributed by atoms with Crippen LogP contribution in [0.25, 0.3) is 0 Å². The molecule has 1 heterocycles. The molecule has 1 fully saturated rings. The molecule has 5 heteroatoms. The maximum atomic E-state index is 11.9. The Labute approximate surface area is 125 Å². The standard InChI is InChI=1S/C16H23N3O2/c1-12(20)19-14-7-5-13(6-8-14)9-11-18-16(21)15-4-2-3-10-17-15/h5-8,15,17H,2-4,9-11H2,1H3,(H,18,21)(H,19,20). The molecule has 114 valence electrons. The molecule has 0 radical (unpaired) electrons. The molecular formula is C16H23N3O2.